The van der Waals surface area contributed by atoms with Gasteiger partial charge in [0.15, 0.2) is 0 Å². The predicted octanol–water partition coefficient (Wildman–Crippen LogP) is 1.49. The van der Waals surface area contributed by atoms with Gasteiger partial charge in [-0.3, -0.25) is 4.90 Å². The van der Waals surface area contributed by atoms with E-state index in [1.54, 1.807) is 19.0 Å². The number of nitrogens with zero attached hydrogens (tertiary/aromatic N) is 4. The van der Waals surface area contributed by atoms with E-state index in [0.29, 0.717) is 19.7 Å². The van der Waals surface area contributed by atoms with E-state index in [9.17, 15) is 18.0 Å². The number of rotatable bonds is 2. The molecule has 1 N–H and O–H groups in total. The van der Waals surface area contributed by atoms with Gasteiger partial charge < -0.3 is 24.2 Å². The van der Waals surface area contributed by atoms with Crippen molar-refractivity contribution in [2.75, 3.05) is 40.3 Å². The number of halogens is 3. The minimum Gasteiger partial charge on any atom is -0.475 e. The molecule has 29 heavy (non-hydrogen) atoms. The van der Waals surface area contributed by atoms with Crippen LogP contribution in [0.1, 0.15) is 17.0 Å². The number of ether oxygens (including phenoxy) is 1. The first kappa shape index (κ1) is 22.9. The number of likely N-dealkylation sites (tertiary alicyclic amines) is 1. The molecular formula is C17H25F3N4O5. The van der Waals surface area contributed by atoms with E-state index in [4.69, 9.17) is 19.2 Å². The molecule has 2 saturated heterocycles. The maximum absolute atomic E-state index is 12.2. The first-order chi connectivity index (χ1) is 13.4. The van der Waals surface area contributed by atoms with Gasteiger partial charge in [-0.15, -0.1) is 0 Å². The summed E-state index contributed by atoms with van der Waals surface area (Å²) in [5.41, 5.74) is 2.10. The topological polar surface area (TPSA) is 99.4 Å². The van der Waals surface area contributed by atoms with Crippen LogP contribution >= 0.6 is 0 Å². The van der Waals surface area contributed by atoms with E-state index in [0.717, 1.165) is 30.1 Å². The summed E-state index contributed by atoms with van der Waals surface area (Å²) in [7, 11) is 3.57. The van der Waals surface area contributed by atoms with Crippen LogP contribution in [0.25, 0.3) is 0 Å². The van der Waals surface area contributed by atoms with Crippen molar-refractivity contribution in [2.24, 2.45) is 0 Å². The highest BCUT2D eigenvalue weighted by atomic mass is 19.4. The van der Waals surface area contributed by atoms with E-state index in [-0.39, 0.29) is 18.2 Å². The second-order valence-corrected chi connectivity index (χ2v) is 7.13. The predicted molar refractivity (Wildman–Crippen MR) is 94.3 cm³/mol. The Kier molecular flexibility index (Phi) is 7.11. The molecule has 2 atom stereocenters. The molecule has 2 aliphatic heterocycles. The lowest BCUT2D eigenvalue weighted by Crippen LogP contribution is -2.50. The number of carbonyl (C=O) groups excluding carboxylic acids is 1. The van der Waals surface area contributed by atoms with Gasteiger partial charge in [0.05, 0.1) is 31.0 Å². The Bertz CT molecular complexity index is 718. The maximum atomic E-state index is 12.2. The van der Waals surface area contributed by atoms with Crippen molar-refractivity contribution in [1.82, 2.24) is 19.9 Å². The molecule has 0 saturated carbocycles. The molecule has 9 nitrogen and oxygen atoms in total. The number of carboxylic acid groups (broad SMARTS) is 1. The van der Waals surface area contributed by atoms with E-state index >= 15 is 0 Å². The number of hydrogen-bond acceptors (Lipinski definition) is 6. The van der Waals surface area contributed by atoms with Gasteiger partial charge in [0.25, 0.3) is 0 Å². The number of morpholine rings is 1. The van der Waals surface area contributed by atoms with Gasteiger partial charge in [-0.05, 0) is 13.8 Å². The number of carbonyl (C=O) groups is 2. The second kappa shape index (κ2) is 8.99. The average molecular weight is 422 g/mol. The number of carboxylic acids is 1. The van der Waals surface area contributed by atoms with Crippen molar-refractivity contribution in [3.8, 4) is 0 Å². The summed E-state index contributed by atoms with van der Waals surface area (Å²) in [5.74, 6) is -1.88. The minimum absolute atomic E-state index is 0.0512. The average Bonchev–Trinajstić information content (AvgIpc) is 3.19. The molecule has 1 aromatic heterocycles. The van der Waals surface area contributed by atoms with Gasteiger partial charge in [-0.1, -0.05) is 5.16 Å². The van der Waals surface area contributed by atoms with Crippen LogP contribution in [-0.4, -0.2) is 95.6 Å². The monoisotopic (exact) mass is 422 g/mol. The Labute approximate surface area is 166 Å². The fourth-order valence-corrected chi connectivity index (χ4v) is 3.32. The van der Waals surface area contributed by atoms with Crippen molar-refractivity contribution >= 4 is 12.0 Å². The van der Waals surface area contributed by atoms with Crippen molar-refractivity contribution in [3.05, 3.63) is 17.0 Å². The third-order valence-electron chi connectivity index (χ3n) is 4.85. The number of hydrogen-bond donors (Lipinski definition) is 1. The summed E-state index contributed by atoms with van der Waals surface area (Å²) in [4.78, 5) is 27.0. The number of alkyl halides is 3. The Hall–Kier alpha value is -2.34. The molecule has 1 aromatic rings. The normalized spacial score (nSPS) is 22.0. The lowest BCUT2D eigenvalue weighted by atomic mass is 10.1. The van der Waals surface area contributed by atoms with Gasteiger partial charge in [0.1, 0.15) is 5.76 Å². The number of aliphatic carboxylic acids is 1. The van der Waals surface area contributed by atoms with Crippen molar-refractivity contribution in [1.29, 1.82) is 0 Å². The van der Waals surface area contributed by atoms with Gasteiger partial charge in [0.2, 0.25) is 0 Å². The van der Waals surface area contributed by atoms with E-state index in [1.807, 2.05) is 18.7 Å². The lowest BCUT2D eigenvalue weighted by molar-refractivity contribution is -0.192. The maximum Gasteiger partial charge on any atom is 0.490 e. The quantitative estimate of drug-likeness (QED) is 0.771. The smallest absolute Gasteiger partial charge is 0.475 e. The van der Waals surface area contributed by atoms with Gasteiger partial charge >= 0.3 is 18.2 Å². The first-order valence-corrected chi connectivity index (χ1v) is 8.95. The number of aryl methyl sites for hydroxylation is 2. The largest absolute Gasteiger partial charge is 0.490 e. The molecule has 3 heterocycles. The molecule has 164 valence electrons. The fourth-order valence-electron chi connectivity index (χ4n) is 3.32. The molecule has 0 bridgehead atoms. The Morgan fingerprint density at radius 2 is 1.90 bits per heavy atom. The van der Waals surface area contributed by atoms with Gasteiger partial charge in [0, 0.05) is 39.3 Å². The van der Waals surface area contributed by atoms with Crippen molar-refractivity contribution in [3.63, 3.8) is 0 Å². The van der Waals surface area contributed by atoms with Crippen LogP contribution < -0.4 is 0 Å². The molecule has 0 aliphatic carbocycles. The fraction of sp³-hybridized carbons (Fsp3) is 0.706. The standard InChI is InChI=1S/C15H24N4O3.C2HF3O2/c1-10-12(11(2)22-16-10)7-18-5-6-21-14-9-19(8-13(14)18)15(20)17(3)4;3-2(4,5)1(6)7/h13-14H,5-9H2,1-4H3;(H,6,7)/t13-,14+;/m1./s1. The molecule has 0 spiro atoms. The Morgan fingerprint density at radius 3 is 2.38 bits per heavy atom. The minimum atomic E-state index is -5.08. The molecule has 0 aromatic carbocycles. The SMILES string of the molecule is Cc1noc(C)c1CN1CCO[C@H]2CN(C(=O)N(C)C)C[C@H]21.O=C(O)C(F)(F)F. The molecule has 0 radical (unpaired) electrons. The number of urea groups is 1. The molecule has 2 fully saturated rings. The van der Waals surface area contributed by atoms with E-state index in [2.05, 4.69) is 10.1 Å². The zero-order valence-electron chi connectivity index (χ0n) is 16.7. The lowest BCUT2D eigenvalue weighted by Gasteiger charge is -2.36. The molecule has 2 aliphatic rings. The summed E-state index contributed by atoms with van der Waals surface area (Å²) in [6.45, 7) is 7.67. The van der Waals surface area contributed by atoms with Crippen molar-refractivity contribution in [2.45, 2.75) is 38.7 Å². The molecule has 2 amide bonds. The van der Waals surface area contributed by atoms with Gasteiger partial charge in [-0.2, -0.15) is 13.2 Å². The van der Waals surface area contributed by atoms with Gasteiger partial charge in [-0.25, -0.2) is 9.59 Å². The highest BCUT2D eigenvalue weighted by Crippen LogP contribution is 2.26. The molecule has 0 unspecified atom stereocenters. The van der Waals surface area contributed by atoms with Crippen molar-refractivity contribution < 1.29 is 37.1 Å². The Balaban J connectivity index is 0.000000370. The Morgan fingerprint density at radius 1 is 1.28 bits per heavy atom. The summed E-state index contributed by atoms with van der Waals surface area (Å²) in [5, 5.41) is 11.2. The molecule has 3 rings (SSSR count). The third-order valence-corrected chi connectivity index (χ3v) is 4.85. The zero-order valence-corrected chi connectivity index (χ0v) is 16.7. The summed E-state index contributed by atoms with van der Waals surface area (Å²) < 4.78 is 42.9. The van der Waals surface area contributed by atoms with Crippen LogP contribution in [0.15, 0.2) is 4.52 Å². The van der Waals surface area contributed by atoms with Crippen LogP contribution in [-0.2, 0) is 16.1 Å². The number of aromatic nitrogens is 1. The van der Waals surface area contributed by atoms with Crippen LogP contribution in [0.2, 0.25) is 0 Å². The first-order valence-electron chi connectivity index (χ1n) is 8.95. The van der Waals surface area contributed by atoms with E-state index < -0.39 is 12.1 Å². The molecular weight excluding hydrogens is 397 g/mol. The van der Waals surface area contributed by atoms with Crippen LogP contribution in [0.5, 0.6) is 0 Å². The number of fused-ring (bicyclic) bond motifs is 1. The summed E-state index contributed by atoms with van der Waals surface area (Å²) in [6.07, 6.45) is -4.99. The van der Waals surface area contributed by atoms with Crippen LogP contribution in [0.4, 0.5) is 18.0 Å². The van der Waals surface area contributed by atoms with Crippen LogP contribution in [0, 0.1) is 13.8 Å². The zero-order chi connectivity index (χ0) is 21.9. The summed E-state index contributed by atoms with van der Waals surface area (Å²) in [6, 6.07) is 0.293. The van der Waals surface area contributed by atoms with E-state index in [1.165, 1.54) is 0 Å². The highest BCUT2D eigenvalue weighted by Gasteiger charge is 2.42. The second-order valence-electron chi connectivity index (χ2n) is 7.13. The highest BCUT2D eigenvalue weighted by molar-refractivity contribution is 5.74. The molecule has 12 heteroatoms. The third kappa shape index (κ3) is 5.60. The summed E-state index contributed by atoms with van der Waals surface area (Å²) >= 11 is 0. The van der Waals surface area contributed by atoms with Crippen LogP contribution in [0.3, 0.4) is 0 Å². The number of amides is 2.